The Labute approximate surface area is 166 Å². The Morgan fingerprint density at radius 3 is 2.04 bits per heavy atom. The van der Waals surface area contributed by atoms with E-state index in [1.807, 2.05) is 6.92 Å². The maximum absolute atomic E-state index is 12.1. The fourth-order valence-electron chi connectivity index (χ4n) is 3.22. The summed E-state index contributed by atoms with van der Waals surface area (Å²) >= 11 is 5.94. The average molecular weight is 392 g/mol. The number of benzene rings is 1. The number of carbonyl (C=O) groups excluding carboxylic acids is 2. The lowest BCUT2D eigenvalue weighted by Gasteiger charge is -2.10. The predicted octanol–water partition coefficient (Wildman–Crippen LogP) is 5.36. The van der Waals surface area contributed by atoms with E-state index in [4.69, 9.17) is 11.6 Å². The summed E-state index contributed by atoms with van der Waals surface area (Å²) < 4.78 is 0. The average Bonchev–Trinajstić information content (AvgIpc) is 2.64. The molecule has 0 saturated heterocycles. The van der Waals surface area contributed by atoms with Gasteiger partial charge in [0.15, 0.2) is 0 Å². The summed E-state index contributed by atoms with van der Waals surface area (Å²) in [7, 11) is 0. The minimum atomic E-state index is -0.756. The molecule has 6 heteroatoms. The van der Waals surface area contributed by atoms with Crippen molar-refractivity contribution in [3.05, 3.63) is 28.8 Å². The zero-order chi connectivity index (χ0) is 19.5. The van der Waals surface area contributed by atoms with Gasteiger partial charge in [0.05, 0.1) is 0 Å². The molecule has 0 atom stereocenters. The van der Waals surface area contributed by atoms with Gasteiger partial charge in [-0.05, 0) is 50.3 Å². The van der Waals surface area contributed by atoms with Crippen LogP contribution in [-0.4, -0.2) is 17.5 Å². The van der Waals surface area contributed by atoms with Crippen LogP contribution in [0.3, 0.4) is 0 Å². The molecular formula is C21H30ClN3O2. The van der Waals surface area contributed by atoms with Gasteiger partial charge >= 0.3 is 11.8 Å². The Morgan fingerprint density at radius 2 is 1.44 bits per heavy atom. The van der Waals surface area contributed by atoms with Gasteiger partial charge in [0.25, 0.3) is 0 Å². The molecule has 1 aromatic rings. The van der Waals surface area contributed by atoms with Crippen molar-refractivity contribution < 1.29 is 9.59 Å². The maximum Gasteiger partial charge on any atom is 0.329 e. The van der Waals surface area contributed by atoms with Crippen molar-refractivity contribution in [1.29, 1.82) is 0 Å². The first kappa shape index (κ1) is 21.4. The fourth-order valence-corrected chi connectivity index (χ4v) is 3.39. The molecule has 1 saturated carbocycles. The normalized spacial score (nSPS) is 16.6. The van der Waals surface area contributed by atoms with E-state index < -0.39 is 11.8 Å². The van der Waals surface area contributed by atoms with Crippen LogP contribution in [0.4, 0.5) is 5.69 Å². The molecule has 1 aromatic carbocycles. The number of nitrogens with one attached hydrogen (secondary N) is 2. The van der Waals surface area contributed by atoms with Crippen LogP contribution in [0.25, 0.3) is 0 Å². The minimum Gasteiger partial charge on any atom is -0.317 e. The van der Waals surface area contributed by atoms with Gasteiger partial charge in [-0.3, -0.25) is 9.59 Å². The molecule has 27 heavy (non-hydrogen) atoms. The first-order valence-electron chi connectivity index (χ1n) is 9.99. The van der Waals surface area contributed by atoms with Gasteiger partial charge in [0, 0.05) is 16.4 Å². The smallest absolute Gasteiger partial charge is 0.317 e. The Morgan fingerprint density at radius 1 is 0.889 bits per heavy atom. The van der Waals surface area contributed by atoms with E-state index in [0.717, 1.165) is 37.0 Å². The molecular weight excluding hydrogens is 362 g/mol. The maximum atomic E-state index is 12.1. The van der Waals surface area contributed by atoms with Crippen LogP contribution in [0.15, 0.2) is 23.3 Å². The van der Waals surface area contributed by atoms with Crippen molar-refractivity contribution in [2.45, 2.75) is 77.6 Å². The van der Waals surface area contributed by atoms with Crippen LogP contribution in [0.2, 0.25) is 5.02 Å². The number of amides is 2. The molecule has 0 radical (unpaired) electrons. The molecule has 0 heterocycles. The van der Waals surface area contributed by atoms with Crippen molar-refractivity contribution in [2.24, 2.45) is 5.10 Å². The number of hydrogen-bond acceptors (Lipinski definition) is 3. The van der Waals surface area contributed by atoms with E-state index in [2.05, 4.69) is 15.8 Å². The lowest BCUT2D eigenvalue weighted by Crippen LogP contribution is -2.33. The zero-order valence-corrected chi connectivity index (χ0v) is 16.9. The number of rotatable bonds is 2. The number of hydrogen-bond donors (Lipinski definition) is 2. The topological polar surface area (TPSA) is 70.6 Å². The number of nitrogens with zero attached hydrogens (tertiary/aromatic N) is 1. The molecule has 0 unspecified atom stereocenters. The Hall–Kier alpha value is -1.88. The second-order valence-corrected chi connectivity index (χ2v) is 7.65. The third-order valence-corrected chi connectivity index (χ3v) is 5.14. The largest absolute Gasteiger partial charge is 0.329 e. The van der Waals surface area contributed by atoms with Gasteiger partial charge in [-0.2, -0.15) is 5.10 Å². The molecule has 0 aliphatic heterocycles. The fraction of sp³-hybridized carbons (Fsp3) is 0.571. The van der Waals surface area contributed by atoms with Crippen LogP contribution in [0.5, 0.6) is 0 Å². The van der Waals surface area contributed by atoms with Gasteiger partial charge in [0.1, 0.15) is 0 Å². The van der Waals surface area contributed by atoms with E-state index in [1.54, 1.807) is 18.2 Å². The molecule has 1 aliphatic rings. The number of anilines is 1. The highest BCUT2D eigenvalue weighted by atomic mass is 35.5. The lowest BCUT2D eigenvalue weighted by molar-refractivity contribution is -0.136. The Balaban J connectivity index is 1.89. The van der Waals surface area contributed by atoms with E-state index in [1.165, 1.54) is 44.9 Å². The highest BCUT2D eigenvalue weighted by molar-refractivity contribution is 6.40. The monoisotopic (exact) mass is 391 g/mol. The van der Waals surface area contributed by atoms with Crippen LogP contribution < -0.4 is 10.7 Å². The standard InChI is InChI=1S/C21H30ClN3O2/c1-16-13-14-17(22)15-19(16)23-20(26)21(27)25-24-18-11-9-7-5-3-2-4-6-8-10-12-18/h13-15H,2-12H2,1H3,(H,23,26)(H,25,27). The number of halogens is 1. The molecule has 148 valence electrons. The highest BCUT2D eigenvalue weighted by Crippen LogP contribution is 2.20. The third kappa shape index (κ3) is 8.12. The van der Waals surface area contributed by atoms with Gasteiger partial charge in [-0.25, -0.2) is 5.43 Å². The molecule has 2 rings (SSSR count). The first-order chi connectivity index (χ1) is 13.1. The third-order valence-electron chi connectivity index (χ3n) is 4.90. The van der Waals surface area contributed by atoms with Crippen LogP contribution in [0, 0.1) is 6.92 Å². The summed E-state index contributed by atoms with van der Waals surface area (Å²) in [6, 6.07) is 5.16. The summed E-state index contributed by atoms with van der Waals surface area (Å²) in [5, 5.41) is 7.34. The summed E-state index contributed by atoms with van der Waals surface area (Å²) in [5.41, 5.74) is 4.77. The summed E-state index contributed by atoms with van der Waals surface area (Å²) in [4.78, 5) is 24.2. The van der Waals surface area contributed by atoms with Crippen LogP contribution in [-0.2, 0) is 9.59 Å². The second-order valence-electron chi connectivity index (χ2n) is 7.21. The summed E-state index contributed by atoms with van der Waals surface area (Å²) in [5.74, 6) is -1.49. The number of aryl methyl sites for hydroxylation is 1. The van der Waals surface area contributed by atoms with Gasteiger partial charge in [-0.15, -0.1) is 0 Å². The van der Waals surface area contributed by atoms with E-state index in [-0.39, 0.29) is 0 Å². The van der Waals surface area contributed by atoms with Crippen molar-refractivity contribution in [3.8, 4) is 0 Å². The van der Waals surface area contributed by atoms with Crippen molar-refractivity contribution in [3.63, 3.8) is 0 Å². The lowest BCUT2D eigenvalue weighted by atomic mass is 10.00. The first-order valence-corrected chi connectivity index (χ1v) is 10.4. The van der Waals surface area contributed by atoms with Gasteiger partial charge in [0.2, 0.25) is 0 Å². The Kier molecular flexibility index (Phi) is 9.32. The van der Waals surface area contributed by atoms with E-state index >= 15 is 0 Å². The molecule has 0 aromatic heterocycles. The second kappa shape index (κ2) is 11.8. The minimum absolute atomic E-state index is 0.504. The quantitative estimate of drug-likeness (QED) is 0.526. The molecule has 5 nitrogen and oxygen atoms in total. The highest BCUT2D eigenvalue weighted by Gasteiger charge is 2.15. The van der Waals surface area contributed by atoms with E-state index in [9.17, 15) is 9.59 Å². The number of carbonyl (C=O) groups is 2. The van der Waals surface area contributed by atoms with Crippen LogP contribution in [0.1, 0.15) is 76.2 Å². The molecule has 2 amide bonds. The van der Waals surface area contributed by atoms with Gasteiger partial charge in [-0.1, -0.05) is 62.6 Å². The SMILES string of the molecule is Cc1ccc(Cl)cc1NC(=O)C(=O)NN=C1CCCCCCCCCCC1. The molecule has 1 fully saturated rings. The van der Waals surface area contributed by atoms with Crippen molar-refractivity contribution in [1.82, 2.24) is 5.43 Å². The molecule has 1 aliphatic carbocycles. The zero-order valence-electron chi connectivity index (χ0n) is 16.2. The summed E-state index contributed by atoms with van der Waals surface area (Å²) in [6.07, 6.45) is 12.8. The number of hydrazone groups is 1. The van der Waals surface area contributed by atoms with Crippen LogP contribution >= 0.6 is 11.6 Å². The molecule has 0 bridgehead atoms. The Bertz CT molecular complexity index is 659. The molecule has 0 spiro atoms. The van der Waals surface area contributed by atoms with E-state index in [0.29, 0.717) is 10.7 Å². The summed E-state index contributed by atoms with van der Waals surface area (Å²) in [6.45, 7) is 1.84. The van der Waals surface area contributed by atoms with Crippen molar-refractivity contribution in [2.75, 3.05) is 5.32 Å². The van der Waals surface area contributed by atoms with Crippen molar-refractivity contribution >= 4 is 34.8 Å². The molecule has 2 N–H and O–H groups in total. The predicted molar refractivity (Wildman–Crippen MR) is 111 cm³/mol. The van der Waals surface area contributed by atoms with Gasteiger partial charge < -0.3 is 5.32 Å².